The first-order valence-corrected chi connectivity index (χ1v) is 11.5. The maximum Gasteiger partial charge on any atom is 0.282 e. The molecule has 0 unspecified atom stereocenters. The van der Waals surface area contributed by atoms with Crippen LogP contribution in [0.4, 0.5) is 0 Å². The summed E-state index contributed by atoms with van der Waals surface area (Å²) in [4.78, 5) is 14.7. The molecule has 0 radical (unpaired) electrons. The number of carbonyl (C=O) groups is 1. The van der Waals surface area contributed by atoms with Gasteiger partial charge in [-0.25, -0.2) is 4.68 Å². The third-order valence-corrected chi connectivity index (χ3v) is 6.20. The standard InChI is InChI=1S/C25H35N3O4/c1-18-6-8-20(9-7-18)28-21(15-22(26-28)24(2,3)4)14-19-16-31-25(5,32-17-19)23(29)27-10-12-30-13-11-27/h6-9,15,19H,10-14,16-17H2,1-5H3. The Morgan fingerprint density at radius 1 is 1.12 bits per heavy atom. The fraction of sp³-hybridized carbons (Fsp3) is 0.600. The van der Waals surface area contributed by atoms with E-state index in [1.807, 2.05) is 4.68 Å². The van der Waals surface area contributed by atoms with E-state index in [0.717, 1.165) is 23.5 Å². The second-order valence-electron chi connectivity index (χ2n) is 10.1. The van der Waals surface area contributed by atoms with Crippen molar-refractivity contribution >= 4 is 5.91 Å². The lowest BCUT2D eigenvalue weighted by atomic mass is 9.91. The van der Waals surface area contributed by atoms with E-state index in [2.05, 4.69) is 58.0 Å². The number of hydrogen-bond donors (Lipinski definition) is 0. The van der Waals surface area contributed by atoms with Crippen LogP contribution in [0.2, 0.25) is 0 Å². The predicted octanol–water partition coefficient (Wildman–Crippen LogP) is 3.26. The maximum atomic E-state index is 12.9. The first-order valence-electron chi connectivity index (χ1n) is 11.5. The van der Waals surface area contributed by atoms with Crippen LogP contribution in [-0.2, 0) is 30.8 Å². The van der Waals surface area contributed by atoms with E-state index in [0.29, 0.717) is 39.5 Å². The van der Waals surface area contributed by atoms with Crippen LogP contribution in [0.5, 0.6) is 0 Å². The summed E-state index contributed by atoms with van der Waals surface area (Å²) >= 11 is 0. The molecule has 2 aromatic rings. The van der Waals surface area contributed by atoms with Crippen molar-refractivity contribution in [3.63, 3.8) is 0 Å². The number of carbonyl (C=O) groups excluding carboxylic acids is 1. The van der Waals surface area contributed by atoms with E-state index < -0.39 is 5.79 Å². The molecule has 3 heterocycles. The quantitative estimate of drug-likeness (QED) is 0.729. The molecule has 1 aromatic carbocycles. The minimum Gasteiger partial charge on any atom is -0.378 e. The lowest BCUT2D eigenvalue weighted by Crippen LogP contribution is -2.56. The van der Waals surface area contributed by atoms with Crippen molar-refractivity contribution < 1.29 is 19.0 Å². The predicted molar refractivity (Wildman–Crippen MR) is 122 cm³/mol. The van der Waals surface area contributed by atoms with Gasteiger partial charge in [-0.2, -0.15) is 5.10 Å². The molecule has 0 spiro atoms. The molecule has 32 heavy (non-hydrogen) atoms. The minimum absolute atomic E-state index is 0.0482. The molecular formula is C25H35N3O4. The number of benzene rings is 1. The molecule has 2 aliphatic rings. The molecule has 0 N–H and O–H groups in total. The molecule has 2 saturated heterocycles. The Bertz CT molecular complexity index is 931. The summed E-state index contributed by atoms with van der Waals surface area (Å²) in [7, 11) is 0. The van der Waals surface area contributed by atoms with Crippen molar-refractivity contribution in [1.29, 1.82) is 0 Å². The van der Waals surface area contributed by atoms with Crippen molar-refractivity contribution in [2.45, 2.75) is 52.2 Å². The largest absolute Gasteiger partial charge is 0.378 e. The average Bonchev–Trinajstić information content (AvgIpc) is 3.20. The van der Waals surface area contributed by atoms with E-state index in [1.54, 1.807) is 11.8 Å². The van der Waals surface area contributed by atoms with E-state index in [-0.39, 0.29) is 17.2 Å². The number of hydrogen-bond acceptors (Lipinski definition) is 5. The number of amides is 1. The summed E-state index contributed by atoms with van der Waals surface area (Å²) in [6, 6.07) is 10.6. The van der Waals surface area contributed by atoms with Gasteiger partial charge in [0.15, 0.2) is 0 Å². The highest BCUT2D eigenvalue weighted by molar-refractivity contribution is 5.83. The Kier molecular flexibility index (Phi) is 6.43. The lowest BCUT2D eigenvalue weighted by molar-refractivity contribution is -0.267. The number of aromatic nitrogens is 2. The number of rotatable bonds is 4. The van der Waals surface area contributed by atoms with Gasteiger partial charge in [0, 0.05) is 30.1 Å². The van der Waals surface area contributed by atoms with Crippen LogP contribution in [0.25, 0.3) is 5.69 Å². The van der Waals surface area contributed by atoms with Gasteiger partial charge >= 0.3 is 0 Å². The first-order chi connectivity index (χ1) is 15.2. The molecule has 1 amide bonds. The van der Waals surface area contributed by atoms with Gasteiger partial charge in [0.1, 0.15) is 0 Å². The zero-order valence-electron chi connectivity index (χ0n) is 19.9. The smallest absolute Gasteiger partial charge is 0.282 e. The Hall–Kier alpha value is -2.22. The third kappa shape index (κ3) is 4.90. The summed E-state index contributed by atoms with van der Waals surface area (Å²) in [5.41, 5.74) is 4.40. The molecule has 0 aliphatic carbocycles. The molecular weight excluding hydrogens is 406 g/mol. The highest BCUT2D eigenvalue weighted by Crippen LogP contribution is 2.29. The van der Waals surface area contributed by atoms with E-state index >= 15 is 0 Å². The summed E-state index contributed by atoms with van der Waals surface area (Å²) in [5.74, 6) is -1.19. The summed E-state index contributed by atoms with van der Waals surface area (Å²) in [5, 5.41) is 4.93. The fourth-order valence-corrected chi connectivity index (χ4v) is 4.08. The third-order valence-electron chi connectivity index (χ3n) is 6.20. The van der Waals surface area contributed by atoms with Crippen LogP contribution in [0.15, 0.2) is 30.3 Å². The lowest BCUT2D eigenvalue weighted by Gasteiger charge is -2.40. The van der Waals surface area contributed by atoms with Gasteiger partial charge in [0.25, 0.3) is 5.91 Å². The Balaban J connectivity index is 1.48. The summed E-state index contributed by atoms with van der Waals surface area (Å²) in [6.07, 6.45) is 0.763. The number of nitrogens with zero attached hydrogens (tertiary/aromatic N) is 3. The molecule has 1 aromatic heterocycles. The highest BCUT2D eigenvalue weighted by atomic mass is 16.7. The molecule has 7 nitrogen and oxygen atoms in total. The zero-order valence-corrected chi connectivity index (χ0v) is 19.9. The van der Waals surface area contributed by atoms with Crippen molar-refractivity contribution in [3.05, 3.63) is 47.3 Å². The van der Waals surface area contributed by atoms with Gasteiger partial charge < -0.3 is 19.1 Å². The van der Waals surface area contributed by atoms with E-state index in [4.69, 9.17) is 19.3 Å². The van der Waals surface area contributed by atoms with Gasteiger partial charge in [0.05, 0.1) is 37.8 Å². The topological polar surface area (TPSA) is 65.8 Å². The van der Waals surface area contributed by atoms with Gasteiger partial charge in [0.2, 0.25) is 5.79 Å². The first kappa shape index (κ1) is 23.0. The second kappa shape index (κ2) is 8.96. The summed E-state index contributed by atoms with van der Waals surface area (Å²) < 4.78 is 19.4. The Labute approximate surface area is 190 Å². The maximum absolute atomic E-state index is 12.9. The average molecular weight is 442 g/mol. The van der Waals surface area contributed by atoms with Gasteiger partial charge in [-0.05, 0) is 38.5 Å². The molecule has 0 saturated carbocycles. The molecule has 0 bridgehead atoms. The van der Waals surface area contributed by atoms with Crippen LogP contribution in [0, 0.1) is 12.8 Å². The van der Waals surface area contributed by atoms with Crippen molar-refractivity contribution in [2.24, 2.45) is 5.92 Å². The van der Waals surface area contributed by atoms with Crippen LogP contribution in [0.3, 0.4) is 0 Å². The molecule has 7 heteroatoms. The van der Waals surface area contributed by atoms with Crippen molar-refractivity contribution in [2.75, 3.05) is 39.5 Å². The Morgan fingerprint density at radius 2 is 1.75 bits per heavy atom. The zero-order chi connectivity index (χ0) is 22.9. The molecule has 2 aliphatic heterocycles. The van der Waals surface area contributed by atoms with Gasteiger partial charge in [-0.15, -0.1) is 0 Å². The molecule has 0 atom stereocenters. The Morgan fingerprint density at radius 3 is 2.34 bits per heavy atom. The number of aryl methyl sites for hydroxylation is 1. The van der Waals surface area contributed by atoms with Crippen LogP contribution in [0.1, 0.15) is 44.6 Å². The van der Waals surface area contributed by atoms with E-state index in [9.17, 15) is 4.79 Å². The van der Waals surface area contributed by atoms with Gasteiger partial charge in [-0.1, -0.05) is 38.5 Å². The molecule has 174 valence electrons. The van der Waals surface area contributed by atoms with Crippen LogP contribution >= 0.6 is 0 Å². The number of ether oxygens (including phenoxy) is 3. The van der Waals surface area contributed by atoms with Crippen molar-refractivity contribution in [1.82, 2.24) is 14.7 Å². The van der Waals surface area contributed by atoms with Crippen LogP contribution in [-0.4, -0.2) is 65.9 Å². The minimum atomic E-state index is -1.22. The number of morpholine rings is 1. The second-order valence-corrected chi connectivity index (χ2v) is 10.1. The van der Waals surface area contributed by atoms with Crippen LogP contribution < -0.4 is 0 Å². The summed E-state index contributed by atoms with van der Waals surface area (Å²) in [6.45, 7) is 13.6. The van der Waals surface area contributed by atoms with Crippen molar-refractivity contribution in [3.8, 4) is 5.69 Å². The van der Waals surface area contributed by atoms with Gasteiger partial charge in [-0.3, -0.25) is 4.79 Å². The molecule has 2 fully saturated rings. The highest BCUT2D eigenvalue weighted by Gasteiger charge is 2.43. The van der Waals surface area contributed by atoms with E-state index in [1.165, 1.54) is 5.56 Å². The molecule has 4 rings (SSSR count). The SMILES string of the molecule is Cc1ccc(-n2nc(C(C)(C)C)cc2CC2COC(C)(C(=O)N3CCOCC3)OC2)cc1. The monoisotopic (exact) mass is 441 g/mol. The normalized spacial score (nSPS) is 24.5. The fourth-order valence-electron chi connectivity index (χ4n) is 4.08.